The molecule has 1 saturated carbocycles. The molecule has 15 heavy (non-hydrogen) atoms. The second kappa shape index (κ2) is 4.36. The summed E-state index contributed by atoms with van der Waals surface area (Å²) in [6.07, 6.45) is 5.36. The van der Waals surface area contributed by atoms with Crippen LogP contribution in [-0.2, 0) is 0 Å². The van der Waals surface area contributed by atoms with Crippen molar-refractivity contribution in [1.29, 1.82) is 0 Å². The van der Waals surface area contributed by atoms with Gasteiger partial charge in [0.15, 0.2) is 0 Å². The van der Waals surface area contributed by atoms with Crippen molar-refractivity contribution in [3.05, 3.63) is 34.9 Å². The molecule has 1 aliphatic carbocycles. The van der Waals surface area contributed by atoms with Crippen LogP contribution in [0.4, 0.5) is 0 Å². The molecule has 0 heterocycles. The highest BCUT2D eigenvalue weighted by Crippen LogP contribution is 2.35. The Balaban J connectivity index is 2.20. The van der Waals surface area contributed by atoms with Crippen molar-refractivity contribution < 1.29 is 0 Å². The number of rotatable bonds is 2. The number of benzene rings is 1. The molecule has 0 spiro atoms. The van der Waals surface area contributed by atoms with Crippen molar-refractivity contribution in [2.24, 2.45) is 11.7 Å². The highest BCUT2D eigenvalue weighted by Gasteiger charge is 2.23. The largest absolute Gasteiger partial charge is 0.324 e. The lowest BCUT2D eigenvalue weighted by molar-refractivity contribution is 0.443. The molecule has 0 aliphatic heterocycles. The van der Waals surface area contributed by atoms with E-state index in [2.05, 4.69) is 32.0 Å². The summed E-state index contributed by atoms with van der Waals surface area (Å²) in [5, 5.41) is 0. The number of nitrogens with two attached hydrogens (primary N) is 1. The fraction of sp³-hybridized carbons (Fsp3) is 0.571. The van der Waals surface area contributed by atoms with Crippen LogP contribution in [-0.4, -0.2) is 0 Å². The first-order chi connectivity index (χ1) is 7.18. The molecule has 1 atom stereocenters. The summed E-state index contributed by atoms with van der Waals surface area (Å²) in [7, 11) is 0. The van der Waals surface area contributed by atoms with Crippen molar-refractivity contribution in [3.63, 3.8) is 0 Å². The van der Waals surface area contributed by atoms with Crippen LogP contribution in [0.3, 0.4) is 0 Å². The van der Waals surface area contributed by atoms with Crippen molar-refractivity contribution in [1.82, 2.24) is 0 Å². The average molecular weight is 203 g/mol. The summed E-state index contributed by atoms with van der Waals surface area (Å²) < 4.78 is 0. The highest BCUT2D eigenvalue weighted by atomic mass is 14.7. The Morgan fingerprint density at radius 2 is 1.87 bits per heavy atom. The van der Waals surface area contributed by atoms with Crippen LogP contribution in [0.2, 0.25) is 0 Å². The zero-order valence-electron chi connectivity index (χ0n) is 9.79. The van der Waals surface area contributed by atoms with E-state index in [9.17, 15) is 0 Å². The molecule has 0 amide bonds. The first-order valence-corrected chi connectivity index (χ1v) is 6.01. The minimum absolute atomic E-state index is 0.257. The van der Waals surface area contributed by atoms with Crippen molar-refractivity contribution in [3.8, 4) is 0 Å². The molecule has 0 bridgehead atoms. The fourth-order valence-corrected chi connectivity index (χ4v) is 2.77. The number of aryl methyl sites for hydroxylation is 2. The Bertz CT molecular complexity index is 337. The smallest absolute Gasteiger partial charge is 0.0326 e. The molecule has 0 radical (unpaired) electrons. The van der Waals surface area contributed by atoms with Gasteiger partial charge in [-0.05, 0) is 43.7 Å². The first kappa shape index (κ1) is 10.7. The second-order valence-electron chi connectivity index (χ2n) is 4.93. The molecule has 82 valence electrons. The Morgan fingerprint density at radius 3 is 2.47 bits per heavy atom. The lowest BCUT2D eigenvalue weighted by Gasteiger charge is -2.21. The van der Waals surface area contributed by atoms with Gasteiger partial charge in [-0.3, -0.25) is 0 Å². The van der Waals surface area contributed by atoms with Crippen LogP contribution in [0.15, 0.2) is 18.2 Å². The molecule has 1 nitrogen and oxygen atoms in total. The summed E-state index contributed by atoms with van der Waals surface area (Å²) in [5.41, 5.74) is 10.4. The van der Waals surface area contributed by atoms with E-state index >= 15 is 0 Å². The molecule has 1 aromatic carbocycles. The maximum atomic E-state index is 6.35. The number of hydrogen-bond acceptors (Lipinski definition) is 1. The van der Waals surface area contributed by atoms with Gasteiger partial charge in [0, 0.05) is 6.04 Å². The standard InChI is InChI=1S/C14H21N/c1-10-7-8-13(11(2)9-10)14(15)12-5-3-4-6-12/h7-9,12,14H,3-6,15H2,1-2H3. The Kier molecular flexibility index (Phi) is 3.11. The van der Waals surface area contributed by atoms with E-state index in [1.165, 1.54) is 42.4 Å². The van der Waals surface area contributed by atoms with E-state index in [0.29, 0.717) is 5.92 Å². The minimum atomic E-state index is 0.257. The molecule has 1 aliphatic rings. The van der Waals surface area contributed by atoms with Crippen LogP contribution < -0.4 is 5.73 Å². The maximum Gasteiger partial charge on any atom is 0.0326 e. The van der Waals surface area contributed by atoms with E-state index in [1.807, 2.05) is 0 Å². The van der Waals surface area contributed by atoms with E-state index in [4.69, 9.17) is 5.73 Å². The van der Waals surface area contributed by atoms with Crippen molar-refractivity contribution in [2.75, 3.05) is 0 Å². The van der Waals surface area contributed by atoms with E-state index in [-0.39, 0.29) is 6.04 Å². The molecule has 2 rings (SSSR count). The van der Waals surface area contributed by atoms with E-state index in [0.717, 1.165) is 0 Å². The van der Waals surface area contributed by atoms with E-state index < -0.39 is 0 Å². The van der Waals surface area contributed by atoms with Gasteiger partial charge >= 0.3 is 0 Å². The van der Waals surface area contributed by atoms with E-state index in [1.54, 1.807) is 0 Å². The average Bonchev–Trinajstić information content (AvgIpc) is 2.69. The summed E-state index contributed by atoms with van der Waals surface area (Å²) >= 11 is 0. The normalized spacial score (nSPS) is 19.4. The Labute approximate surface area is 92.7 Å². The SMILES string of the molecule is Cc1ccc(C(N)C2CCCC2)c(C)c1. The van der Waals surface area contributed by atoms with Gasteiger partial charge in [-0.2, -0.15) is 0 Å². The van der Waals surface area contributed by atoms with Gasteiger partial charge in [-0.15, -0.1) is 0 Å². The van der Waals surface area contributed by atoms with Crippen molar-refractivity contribution >= 4 is 0 Å². The van der Waals surface area contributed by atoms with Crippen molar-refractivity contribution in [2.45, 2.75) is 45.6 Å². The summed E-state index contributed by atoms with van der Waals surface area (Å²) in [5.74, 6) is 0.714. The maximum absolute atomic E-state index is 6.35. The van der Waals surface area contributed by atoms with Crippen LogP contribution in [0.1, 0.15) is 48.4 Å². The van der Waals surface area contributed by atoms with Crippen LogP contribution >= 0.6 is 0 Å². The Morgan fingerprint density at radius 1 is 1.20 bits per heavy atom. The van der Waals surface area contributed by atoms with Gasteiger partial charge in [0.2, 0.25) is 0 Å². The molecule has 1 fully saturated rings. The highest BCUT2D eigenvalue weighted by molar-refractivity contribution is 5.33. The number of hydrogen-bond donors (Lipinski definition) is 1. The zero-order valence-corrected chi connectivity index (χ0v) is 9.79. The van der Waals surface area contributed by atoms with Gasteiger partial charge in [0.05, 0.1) is 0 Å². The molecule has 2 N–H and O–H groups in total. The molecule has 1 heteroatoms. The van der Waals surface area contributed by atoms with Crippen LogP contribution in [0, 0.1) is 19.8 Å². The lowest BCUT2D eigenvalue weighted by atomic mass is 9.89. The monoisotopic (exact) mass is 203 g/mol. The molecule has 0 aromatic heterocycles. The first-order valence-electron chi connectivity index (χ1n) is 6.01. The molecule has 1 aromatic rings. The zero-order chi connectivity index (χ0) is 10.8. The quantitative estimate of drug-likeness (QED) is 0.782. The predicted octanol–water partition coefficient (Wildman–Crippen LogP) is 3.49. The third-order valence-electron chi connectivity index (χ3n) is 3.69. The molecular weight excluding hydrogens is 182 g/mol. The van der Waals surface area contributed by atoms with Gasteiger partial charge in [-0.1, -0.05) is 36.6 Å². The molecule has 0 saturated heterocycles. The van der Waals surface area contributed by atoms with Gasteiger partial charge < -0.3 is 5.73 Å². The summed E-state index contributed by atoms with van der Waals surface area (Å²) in [6, 6.07) is 6.89. The van der Waals surface area contributed by atoms with Crippen LogP contribution in [0.25, 0.3) is 0 Å². The second-order valence-corrected chi connectivity index (χ2v) is 4.93. The topological polar surface area (TPSA) is 26.0 Å². The molecular formula is C14H21N. The fourth-order valence-electron chi connectivity index (χ4n) is 2.77. The van der Waals surface area contributed by atoms with Gasteiger partial charge in [-0.25, -0.2) is 0 Å². The Hall–Kier alpha value is -0.820. The minimum Gasteiger partial charge on any atom is -0.324 e. The third kappa shape index (κ3) is 2.23. The third-order valence-corrected chi connectivity index (χ3v) is 3.69. The van der Waals surface area contributed by atoms with Gasteiger partial charge in [0.1, 0.15) is 0 Å². The summed E-state index contributed by atoms with van der Waals surface area (Å²) in [4.78, 5) is 0. The summed E-state index contributed by atoms with van der Waals surface area (Å²) in [6.45, 7) is 4.31. The lowest BCUT2D eigenvalue weighted by Crippen LogP contribution is -2.20. The molecule has 1 unspecified atom stereocenters. The van der Waals surface area contributed by atoms with Crippen LogP contribution in [0.5, 0.6) is 0 Å². The predicted molar refractivity (Wildman–Crippen MR) is 64.8 cm³/mol. The van der Waals surface area contributed by atoms with Gasteiger partial charge in [0.25, 0.3) is 0 Å².